The summed E-state index contributed by atoms with van der Waals surface area (Å²) in [6, 6.07) is 0. The van der Waals surface area contributed by atoms with E-state index < -0.39 is 5.60 Å². The number of carbonyl (C=O) groups excluding carboxylic acids is 1. The van der Waals surface area contributed by atoms with Gasteiger partial charge in [-0.2, -0.15) is 0 Å². The van der Waals surface area contributed by atoms with Gasteiger partial charge in [-0.25, -0.2) is 4.98 Å². The highest BCUT2D eigenvalue weighted by Gasteiger charge is 2.40. The topological polar surface area (TPSA) is 44.1 Å². The molecule has 4 heteroatoms. The van der Waals surface area contributed by atoms with Crippen LogP contribution in [0.2, 0.25) is 0 Å². The van der Waals surface area contributed by atoms with Crippen molar-refractivity contribution >= 4 is 5.78 Å². The largest absolute Gasteiger partial charge is 0.370 e. The fraction of sp³-hybridized carbons (Fsp3) is 0.692. The summed E-state index contributed by atoms with van der Waals surface area (Å²) >= 11 is 0. The predicted octanol–water partition coefficient (Wildman–Crippen LogP) is 1.88. The molecule has 0 aliphatic heterocycles. The number of Topliss-reactive ketones (excluding diaryl/α,β-unsaturated/α-hetero) is 1. The van der Waals surface area contributed by atoms with Gasteiger partial charge in [-0.3, -0.25) is 4.79 Å². The number of imidazole rings is 1. The van der Waals surface area contributed by atoms with Gasteiger partial charge in [-0.05, 0) is 25.7 Å². The zero-order valence-electron chi connectivity index (χ0n) is 10.6. The highest BCUT2D eigenvalue weighted by molar-refractivity contribution is 5.87. The van der Waals surface area contributed by atoms with Crippen molar-refractivity contribution in [1.82, 2.24) is 9.55 Å². The van der Waals surface area contributed by atoms with Crippen LogP contribution in [0.3, 0.4) is 0 Å². The molecule has 0 amide bonds. The third-order valence-electron chi connectivity index (χ3n) is 3.81. The van der Waals surface area contributed by atoms with Gasteiger partial charge < -0.3 is 9.30 Å². The number of aromatic nitrogens is 2. The molecule has 1 aromatic rings. The van der Waals surface area contributed by atoms with E-state index in [4.69, 9.17) is 4.74 Å². The van der Waals surface area contributed by atoms with Gasteiger partial charge in [0.25, 0.3) is 0 Å². The van der Waals surface area contributed by atoms with E-state index in [1.807, 2.05) is 17.8 Å². The average molecular weight is 236 g/mol. The first-order valence-electron chi connectivity index (χ1n) is 6.22. The maximum Gasteiger partial charge on any atom is 0.165 e. The zero-order valence-corrected chi connectivity index (χ0v) is 10.6. The number of hydrogen-bond acceptors (Lipinski definition) is 3. The van der Waals surface area contributed by atoms with E-state index in [0.717, 1.165) is 31.5 Å². The number of ether oxygens (including phenoxy) is 1. The van der Waals surface area contributed by atoms with E-state index in [1.54, 1.807) is 13.3 Å². The van der Waals surface area contributed by atoms with Gasteiger partial charge in [0.1, 0.15) is 11.4 Å². The Bertz CT molecular complexity index is 392. The van der Waals surface area contributed by atoms with Crippen LogP contribution in [0.4, 0.5) is 0 Å². The maximum absolute atomic E-state index is 12.2. The van der Waals surface area contributed by atoms with Crippen molar-refractivity contribution in [2.24, 2.45) is 7.05 Å². The monoisotopic (exact) mass is 236 g/mol. The Morgan fingerprint density at radius 2 is 2.24 bits per heavy atom. The molecular formula is C13H20N2O2. The lowest BCUT2D eigenvalue weighted by Crippen LogP contribution is -2.38. The first-order chi connectivity index (χ1) is 8.18. The van der Waals surface area contributed by atoms with Crippen molar-refractivity contribution < 1.29 is 9.53 Å². The predicted molar refractivity (Wildman–Crippen MR) is 64.7 cm³/mol. The van der Waals surface area contributed by atoms with Crippen LogP contribution >= 0.6 is 0 Å². The van der Waals surface area contributed by atoms with Crippen molar-refractivity contribution in [3.8, 4) is 0 Å². The second kappa shape index (κ2) is 5.00. The van der Waals surface area contributed by atoms with Crippen molar-refractivity contribution in [2.45, 2.75) is 44.1 Å². The second-order valence-corrected chi connectivity index (χ2v) is 4.78. The molecule has 1 heterocycles. The van der Waals surface area contributed by atoms with E-state index >= 15 is 0 Å². The molecule has 0 N–H and O–H groups in total. The molecule has 17 heavy (non-hydrogen) atoms. The van der Waals surface area contributed by atoms with Gasteiger partial charge >= 0.3 is 0 Å². The Kier molecular flexibility index (Phi) is 3.62. The number of carbonyl (C=O) groups is 1. The summed E-state index contributed by atoms with van der Waals surface area (Å²) in [7, 11) is 3.61. The van der Waals surface area contributed by atoms with Crippen molar-refractivity contribution in [3.63, 3.8) is 0 Å². The number of hydrogen-bond donors (Lipinski definition) is 0. The molecule has 4 nitrogen and oxygen atoms in total. The smallest absolute Gasteiger partial charge is 0.165 e. The molecule has 0 radical (unpaired) electrons. The third kappa shape index (κ3) is 2.41. The molecule has 0 aromatic carbocycles. The lowest BCUT2D eigenvalue weighted by Gasteiger charge is -2.25. The number of ketones is 1. The summed E-state index contributed by atoms with van der Waals surface area (Å²) in [5.74, 6) is 1.20. The van der Waals surface area contributed by atoms with E-state index in [1.165, 1.54) is 0 Å². The first kappa shape index (κ1) is 12.3. The fourth-order valence-corrected chi connectivity index (χ4v) is 2.63. The van der Waals surface area contributed by atoms with Gasteiger partial charge in [-0.15, -0.1) is 0 Å². The second-order valence-electron chi connectivity index (χ2n) is 4.78. The Labute approximate surface area is 102 Å². The molecule has 1 saturated carbocycles. The summed E-state index contributed by atoms with van der Waals surface area (Å²) in [6.45, 7) is 0. The average Bonchev–Trinajstić information content (AvgIpc) is 2.95. The summed E-state index contributed by atoms with van der Waals surface area (Å²) in [5.41, 5.74) is -0.495. The van der Waals surface area contributed by atoms with Crippen molar-refractivity contribution in [1.29, 1.82) is 0 Å². The van der Waals surface area contributed by atoms with E-state index in [0.29, 0.717) is 12.8 Å². The van der Waals surface area contributed by atoms with Crippen molar-refractivity contribution in [3.05, 3.63) is 18.2 Å². The normalized spacial score (nSPS) is 18.5. The highest BCUT2D eigenvalue weighted by atomic mass is 16.5. The number of aryl methyl sites for hydroxylation is 2. The number of nitrogens with zero attached hydrogens (tertiary/aromatic N) is 2. The summed E-state index contributed by atoms with van der Waals surface area (Å²) in [5, 5.41) is 0. The minimum atomic E-state index is -0.495. The number of methoxy groups -OCH3 is 1. The molecule has 1 aliphatic carbocycles. The molecule has 0 atom stereocenters. The Balaban J connectivity index is 1.95. The van der Waals surface area contributed by atoms with Crippen LogP contribution in [0.1, 0.15) is 37.9 Å². The minimum Gasteiger partial charge on any atom is -0.370 e. The standard InChI is InChI=1S/C13H20N2O2/c1-15-10-9-14-12(15)6-5-11(16)13(17-2)7-3-4-8-13/h9-10H,3-8H2,1-2H3. The molecule has 0 spiro atoms. The third-order valence-corrected chi connectivity index (χ3v) is 3.81. The van der Waals surface area contributed by atoms with Crippen LogP contribution < -0.4 is 0 Å². The molecular weight excluding hydrogens is 216 g/mol. The van der Waals surface area contributed by atoms with Crippen molar-refractivity contribution in [2.75, 3.05) is 7.11 Å². The fourth-order valence-electron chi connectivity index (χ4n) is 2.63. The van der Waals surface area contributed by atoms with E-state index in [2.05, 4.69) is 4.98 Å². The molecule has 94 valence electrons. The van der Waals surface area contributed by atoms with Crippen LogP contribution in [-0.4, -0.2) is 28.0 Å². The Hall–Kier alpha value is -1.16. The van der Waals surface area contributed by atoms with E-state index in [9.17, 15) is 4.79 Å². The Morgan fingerprint density at radius 3 is 2.76 bits per heavy atom. The molecule has 1 fully saturated rings. The highest BCUT2D eigenvalue weighted by Crippen LogP contribution is 2.34. The SMILES string of the molecule is COC1(C(=O)CCc2nccn2C)CCCC1. The zero-order chi connectivity index (χ0) is 12.3. The van der Waals surface area contributed by atoms with Crippen LogP contribution in [0.25, 0.3) is 0 Å². The minimum absolute atomic E-state index is 0.237. The Morgan fingerprint density at radius 1 is 1.53 bits per heavy atom. The summed E-state index contributed by atoms with van der Waals surface area (Å²) in [4.78, 5) is 16.5. The first-order valence-corrected chi connectivity index (χ1v) is 6.22. The van der Waals surface area contributed by atoms with Crippen LogP contribution in [-0.2, 0) is 23.0 Å². The van der Waals surface area contributed by atoms with E-state index in [-0.39, 0.29) is 5.78 Å². The quantitative estimate of drug-likeness (QED) is 0.784. The molecule has 1 aromatic heterocycles. The maximum atomic E-state index is 12.2. The van der Waals surface area contributed by atoms with Gasteiger partial charge in [0.15, 0.2) is 5.78 Å². The van der Waals surface area contributed by atoms with Gasteiger partial charge in [0, 0.05) is 39.4 Å². The molecule has 0 saturated heterocycles. The van der Waals surface area contributed by atoms with Gasteiger partial charge in [0.2, 0.25) is 0 Å². The van der Waals surface area contributed by atoms with Crippen LogP contribution in [0.5, 0.6) is 0 Å². The van der Waals surface area contributed by atoms with Gasteiger partial charge in [-0.1, -0.05) is 0 Å². The molecule has 0 unspecified atom stereocenters. The lowest BCUT2D eigenvalue weighted by atomic mass is 9.93. The van der Waals surface area contributed by atoms with Crippen LogP contribution in [0.15, 0.2) is 12.4 Å². The molecule has 1 aliphatic rings. The van der Waals surface area contributed by atoms with Gasteiger partial charge in [0.05, 0.1) is 0 Å². The molecule has 0 bridgehead atoms. The molecule has 2 rings (SSSR count). The number of rotatable bonds is 5. The lowest BCUT2D eigenvalue weighted by molar-refractivity contribution is -0.140. The van der Waals surface area contributed by atoms with Crippen LogP contribution in [0, 0.1) is 0 Å². The summed E-state index contributed by atoms with van der Waals surface area (Å²) in [6.07, 6.45) is 8.85. The summed E-state index contributed by atoms with van der Waals surface area (Å²) < 4.78 is 7.44.